The van der Waals surface area contributed by atoms with Crippen LogP contribution in [0.2, 0.25) is 0 Å². The van der Waals surface area contributed by atoms with Gasteiger partial charge in [-0.1, -0.05) is 30.3 Å². The van der Waals surface area contributed by atoms with Crippen molar-refractivity contribution in [1.82, 2.24) is 0 Å². The second-order valence-corrected chi connectivity index (χ2v) is 5.60. The van der Waals surface area contributed by atoms with E-state index in [1.165, 1.54) is 32.2 Å². The summed E-state index contributed by atoms with van der Waals surface area (Å²) in [7, 11) is 1.21. The molecule has 2 aromatic carbocycles. The highest BCUT2D eigenvalue weighted by Gasteiger charge is 2.26. The lowest BCUT2D eigenvalue weighted by molar-refractivity contribution is -0.384. The lowest BCUT2D eigenvalue weighted by Gasteiger charge is -2.21. The van der Waals surface area contributed by atoms with Crippen LogP contribution in [0.5, 0.6) is 5.75 Å². The maximum Gasteiger partial charge on any atom is 0.330 e. The van der Waals surface area contributed by atoms with Gasteiger partial charge in [0.15, 0.2) is 6.04 Å². The molecule has 0 bridgehead atoms. The van der Waals surface area contributed by atoms with E-state index in [-0.39, 0.29) is 18.0 Å². The molecule has 0 aliphatic rings. The molecule has 2 atom stereocenters. The zero-order valence-electron chi connectivity index (χ0n) is 14.4. The standard InChI is InChI=1S/C18H20N2O6/c1-12(21)17(18(22)25-2)19-15-9-8-14(20(23)24)10-16(15)26-11-13-6-4-3-5-7-13/h3-10,12,17,19,21H,11H2,1-2H3. The first-order chi connectivity index (χ1) is 12.4. The van der Waals surface area contributed by atoms with Gasteiger partial charge in [0.25, 0.3) is 5.69 Å². The Morgan fingerprint density at radius 2 is 1.96 bits per heavy atom. The average Bonchev–Trinajstić information content (AvgIpc) is 2.64. The van der Waals surface area contributed by atoms with Gasteiger partial charge in [-0.2, -0.15) is 0 Å². The van der Waals surface area contributed by atoms with Crippen LogP contribution in [0.25, 0.3) is 0 Å². The molecule has 0 spiro atoms. The molecule has 0 heterocycles. The number of rotatable bonds is 8. The summed E-state index contributed by atoms with van der Waals surface area (Å²) < 4.78 is 10.4. The third-order valence-electron chi connectivity index (χ3n) is 3.66. The Morgan fingerprint density at radius 1 is 1.27 bits per heavy atom. The quantitative estimate of drug-likeness (QED) is 0.423. The summed E-state index contributed by atoms with van der Waals surface area (Å²) in [6, 6.07) is 12.2. The molecule has 8 heteroatoms. The van der Waals surface area contributed by atoms with Crippen LogP contribution in [0.4, 0.5) is 11.4 Å². The molecule has 0 fully saturated rings. The van der Waals surface area contributed by atoms with E-state index in [2.05, 4.69) is 10.1 Å². The molecule has 2 aromatic rings. The number of aliphatic hydroxyl groups excluding tert-OH is 1. The molecule has 2 rings (SSSR count). The number of esters is 1. The number of non-ortho nitro benzene ring substituents is 1. The van der Waals surface area contributed by atoms with Crippen molar-refractivity contribution in [3.63, 3.8) is 0 Å². The van der Waals surface area contributed by atoms with Crippen molar-refractivity contribution in [1.29, 1.82) is 0 Å². The monoisotopic (exact) mass is 360 g/mol. The second kappa shape index (κ2) is 8.82. The van der Waals surface area contributed by atoms with Gasteiger partial charge in [0.05, 0.1) is 29.9 Å². The smallest absolute Gasteiger partial charge is 0.330 e. The Hall–Kier alpha value is -3.13. The fraction of sp³-hybridized carbons (Fsp3) is 0.278. The number of carbonyl (C=O) groups excluding carboxylic acids is 1. The number of nitrogens with zero attached hydrogens (tertiary/aromatic N) is 1. The van der Waals surface area contributed by atoms with Gasteiger partial charge in [-0.05, 0) is 18.6 Å². The Labute approximate surface area is 150 Å². The topological polar surface area (TPSA) is 111 Å². The van der Waals surface area contributed by atoms with Crippen LogP contribution in [-0.2, 0) is 16.1 Å². The van der Waals surface area contributed by atoms with E-state index in [1.807, 2.05) is 30.3 Å². The minimum atomic E-state index is -1.04. The van der Waals surface area contributed by atoms with E-state index in [0.29, 0.717) is 5.69 Å². The van der Waals surface area contributed by atoms with Gasteiger partial charge in [0.2, 0.25) is 0 Å². The highest BCUT2D eigenvalue weighted by atomic mass is 16.6. The largest absolute Gasteiger partial charge is 0.486 e. The number of hydrogen-bond donors (Lipinski definition) is 2. The maximum absolute atomic E-state index is 11.8. The van der Waals surface area contributed by atoms with E-state index in [1.54, 1.807) is 0 Å². The van der Waals surface area contributed by atoms with Gasteiger partial charge >= 0.3 is 5.97 Å². The molecule has 0 saturated carbocycles. The fourth-order valence-electron chi connectivity index (χ4n) is 2.27. The molecular formula is C18H20N2O6. The third kappa shape index (κ3) is 4.93. The summed E-state index contributed by atoms with van der Waals surface area (Å²) >= 11 is 0. The molecule has 2 N–H and O–H groups in total. The van der Waals surface area contributed by atoms with Crippen molar-refractivity contribution in [2.45, 2.75) is 25.7 Å². The van der Waals surface area contributed by atoms with Crippen molar-refractivity contribution in [2.24, 2.45) is 0 Å². The summed E-state index contributed by atoms with van der Waals surface area (Å²) in [5.41, 5.74) is 1.07. The van der Waals surface area contributed by atoms with Crippen LogP contribution in [0.3, 0.4) is 0 Å². The number of nitro groups is 1. The Bertz CT molecular complexity index is 764. The molecule has 0 radical (unpaired) electrons. The van der Waals surface area contributed by atoms with E-state index < -0.39 is 23.0 Å². The minimum Gasteiger partial charge on any atom is -0.486 e. The van der Waals surface area contributed by atoms with E-state index in [4.69, 9.17) is 4.74 Å². The normalized spacial score (nSPS) is 12.7. The first-order valence-corrected chi connectivity index (χ1v) is 7.90. The summed E-state index contributed by atoms with van der Waals surface area (Å²) in [6.07, 6.45) is -1.04. The number of ether oxygens (including phenoxy) is 2. The second-order valence-electron chi connectivity index (χ2n) is 5.60. The predicted molar refractivity (Wildman–Crippen MR) is 95.0 cm³/mol. The van der Waals surface area contributed by atoms with Gasteiger partial charge < -0.3 is 19.9 Å². The van der Waals surface area contributed by atoms with Crippen molar-refractivity contribution >= 4 is 17.3 Å². The highest BCUT2D eigenvalue weighted by molar-refractivity contribution is 5.81. The molecule has 0 saturated heterocycles. The average molecular weight is 360 g/mol. The van der Waals surface area contributed by atoms with Gasteiger partial charge in [0, 0.05) is 6.07 Å². The van der Waals surface area contributed by atoms with Crippen molar-refractivity contribution in [3.05, 3.63) is 64.2 Å². The van der Waals surface area contributed by atoms with Crippen LogP contribution in [0, 0.1) is 10.1 Å². The van der Waals surface area contributed by atoms with Crippen LogP contribution in [0.1, 0.15) is 12.5 Å². The number of nitrogens with one attached hydrogen (secondary N) is 1. The highest BCUT2D eigenvalue weighted by Crippen LogP contribution is 2.31. The van der Waals surface area contributed by atoms with Crippen LogP contribution >= 0.6 is 0 Å². The number of aliphatic hydroxyl groups is 1. The van der Waals surface area contributed by atoms with Crippen molar-refractivity contribution in [3.8, 4) is 5.75 Å². The maximum atomic E-state index is 11.8. The Kier molecular flexibility index (Phi) is 6.51. The molecule has 2 unspecified atom stereocenters. The third-order valence-corrected chi connectivity index (χ3v) is 3.66. The number of anilines is 1. The molecule has 0 aliphatic heterocycles. The molecule has 26 heavy (non-hydrogen) atoms. The molecular weight excluding hydrogens is 340 g/mol. The Morgan fingerprint density at radius 3 is 2.54 bits per heavy atom. The van der Waals surface area contributed by atoms with Crippen LogP contribution < -0.4 is 10.1 Å². The lowest BCUT2D eigenvalue weighted by atomic mass is 10.1. The number of carbonyl (C=O) groups is 1. The number of benzene rings is 2. The Balaban J connectivity index is 2.28. The molecule has 0 aromatic heterocycles. The molecule has 138 valence electrons. The van der Waals surface area contributed by atoms with Gasteiger partial charge in [-0.3, -0.25) is 10.1 Å². The van der Waals surface area contributed by atoms with Crippen LogP contribution in [-0.4, -0.2) is 35.3 Å². The van der Waals surface area contributed by atoms with Gasteiger partial charge in [-0.15, -0.1) is 0 Å². The van der Waals surface area contributed by atoms with Gasteiger partial charge in [-0.25, -0.2) is 4.79 Å². The molecule has 0 aliphatic carbocycles. The SMILES string of the molecule is COC(=O)C(Nc1ccc([N+](=O)[O-])cc1OCc1ccccc1)C(C)O. The predicted octanol–water partition coefficient (Wildman–Crippen LogP) is 2.51. The van der Waals surface area contributed by atoms with Crippen LogP contribution in [0.15, 0.2) is 48.5 Å². The zero-order valence-corrected chi connectivity index (χ0v) is 14.4. The number of hydrogen-bond acceptors (Lipinski definition) is 7. The summed E-state index contributed by atoms with van der Waals surface area (Å²) in [5.74, 6) is -0.468. The lowest BCUT2D eigenvalue weighted by Crippen LogP contribution is -2.40. The zero-order chi connectivity index (χ0) is 19.1. The molecule has 8 nitrogen and oxygen atoms in total. The summed E-state index contributed by atoms with van der Waals surface area (Å²) in [4.78, 5) is 22.3. The number of methoxy groups -OCH3 is 1. The van der Waals surface area contributed by atoms with E-state index in [9.17, 15) is 20.0 Å². The van der Waals surface area contributed by atoms with E-state index >= 15 is 0 Å². The minimum absolute atomic E-state index is 0.148. The first kappa shape index (κ1) is 19.2. The summed E-state index contributed by atoms with van der Waals surface area (Å²) in [5, 5.41) is 23.7. The number of nitro benzene ring substituents is 1. The van der Waals surface area contributed by atoms with E-state index in [0.717, 1.165) is 5.56 Å². The fourth-order valence-corrected chi connectivity index (χ4v) is 2.27. The molecule has 0 amide bonds. The van der Waals surface area contributed by atoms with Crippen molar-refractivity contribution < 1.29 is 24.3 Å². The van der Waals surface area contributed by atoms with Gasteiger partial charge in [0.1, 0.15) is 12.4 Å². The first-order valence-electron chi connectivity index (χ1n) is 7.90. The van der Waals surface area contributed by atoms with Crippen molar-refractivity contribution in [2.75, 3.05) is 12.4 Å². The summed E-state index contributed by atoms with van der Waals surface area (Å²) in [6.45, 7) is 1.62.